The summed E-state index contributed by atoms with van der Waals surface area (Å²) < 4.78 is 17.9. The lowest BCUT2D eigenvalue weighted by Crippen LogP contribution is -2.18. The Labute approximate surface area is 88.1 Å². The molecule has 1 unspecified atom stereocenters. The van der Waals surface area contributed by atoms with Crippen LogP contribution >= 0.6 is 0 Å². The summed E-state index contributed by atoms with van der Waals surface area (Å²) in [6.45, 7) is 1.71. The molecule has 0 radical (unpaired) electrons. The molecule has 3 nitrogen and oxygen atoms in total. The average molecular weight is 214 g/mol. The second-order valence-corrected chi connectivity index (χ2v) is 3.56. The Kier molecular flexibility index (Phi) is 4.05. The van der Waals surface area contributed by atoms with Gasteiger partial charge in [0, 0.05) is 5.92 Å². The highest BCUT2D eigenvalue weighted by molar-refractivity contribution is 5.30. The maximum Gasteiger partial charge on any atom is 0.165 e. The molecule has 84 valence electrons. The van der Waals surface area contributed by atoms with Crippen molar-refractivity contribution in [1.29, 1.82) is 0 Å². The lowest BCUT2D eigenvalue weighted by molar-refractivity contribution is -0.0780. The third-order valence-electron chi connectivity index (χ3n) is 2.28. The molecule has 1 aromatic rings. The number of halogens is 1. The molecule has 0 spiro atoms. The van der Waals surface area contributed by atoms with E-state index in [9.17, 15) is 4.39 Å². The van der Waals surface area contributed by atoms with Crippen LogP contribution in [0.5, 0.6) is 5.75 Å². The van der Waals surface area contributed by atoms with Gasteiger partial charge in [-0.25, -0.2) is 4.39 Å². The Morgan fingerprint density at radius 3 is 2.60 bits per heavy atom. The molecule has 1 rings (SSSR count). The highest BCUT2D eigenvalue weighted by Crippen LogP contribution is 2.20. The van der Waals surface area contributed by atoms with Crippen LogP contribution in [-0.2, 0) is 6.42 Å². The second kappa shape index (κ2) is 5.09. The van der Waals surface area contributed by atoms with E-state index in [0.717, 1.165) is 5.56 Å². The van der Waals surface area contributed by atoms with Crippen molar-refractivity contribution in [3.8, 4) is 5.75 Å². The Hall–Kier alpha value is -1.13. The summed E-state index contributed by atoms with van der Waals surface area (Å²) in [5.41, 5.74) is 0.814. The lowest BCUT2D eigenvalue weighted by atomic mass is 10.0. The topological polar surface area (TPSA) is 49.7 Å². The summed E-state index contributed by atoms with van der Waals surface area (Å²) in [5.74, 6) is -0.536. The molecule has 0 amide bonds. The lowest BCUT2D eigenvalue weighted by Gasteiger charge is -2.14. The smallest absolute Gasteiger partial charge is 0.165 e. The molecule has 0 fully saturated rings. The Morgan fingerprint density at radius 1 is 1.40 bits per heavy atom. The van der Waals surface area contributed by atoms with Crippen LogP contribution in [0.3, 0.4) is 0 Å². The predicted molar refractivity (Wildman–Crippen MR) is 54.0 cm³/mol. The van der Waals surface area contributed by atoms with Crippen molar-refractivity contribution in [2.45, 2.75) is 19.6 Å². The largest absolute Gasteiger partial charge is 0.494 e. The number of ether oxygens (including phenoxy) is 1. The maximum atomic E-state index is 13.0. The molecular weight excluding hydrogens is 199 g/mol. The van der Waals surface area contributed by atoms with E-state index in [0.29, 0.717) is 6.42 Å². The summed E-state index contributed by atoms with van der Waals surface area (Å²) in [4.78, 5) is 0. The van der Waals surface area contributed by atoms with Crippen LogP contribution in [0.4, 0.5) is 4.39 Å². The van der Waals surface area contributed by atoms with Gasteiger partial charge in [0.2, 0.25) is 0 Å². The van der Waals surface area contributed by atoms with Gasteiger partial charge in [0.25, 0.3) is 0 Å². The van der Waals surface area contributed by atoms with E-state index in [-0.39, 0.29) is 11.7 Å². The maximum absolute atomic E-state index is 13.0. The molecule has 0 aromatic heterocycles. The van der Waals surface area contributed by atoms with Crippen molar-refractivity contribution in [2.75, 3.05) is 7.11 Å². The number of methoxy groups -OCH3 is 1. The summed E-state index contributed by atoms with van der Waals surface area (Å²) >= 11 is 0. The molecule has 4 heteroatoms. The zero-order valence-corrected chi connectivity index (χ0v) is 8.77. The number of benzene rings is 1. The minimum Gasteiger partial charge on any atom is -0.494 e. The van der Waals surface area contributed by atoms with Crippen molar-refractivity contribution in [2.24, 2.45) is 5.92 Å². The molecule has 1 aromatic carbocycles. The van der Waals surface area contributed by atoms with Crippen LogP contribution in [0, 0.1) is 11.7 Å². The van der Waals surface area contributed by atoms with Gasteiger partial charge in [-0.1, -0.05) is 13.0 Å². The first-order chi connectivity index (χ1) is 7.04. The van der Waals surface area contributed by atoms with Gasteiger partial charge in [-0.2, -0.15) is 0 Å². The Bertz CT molecular complexity index is 326. The molecule has 0 saturated heterocycles. The summed E-state index contributed by atoms with van der Waals surface area (Å²) in [6.07, 6.45) is -0.894. The number of hydrogen-bond acceptors (Lipinski definition) is 3. The minimum absolute atomic E-state index is 0.173. The molecule has 0 heterocycles. The normalized spacial score (nSPS) is 12.9. The van der Waals surface area contributed by atoms with Crippen LogP contribution in [0.25, 0.3) is 0 Å². The van der Waals surface area contributed by atoms with Crippen LogP contribution in [0.15, 0.2) is 18.2 Å². The van der Waals surface area contributed by atoms with Gasteiger partial charge in [0.05, 0.1) is 7.11 Å². The fourth-order valence-corrected chi connectivity index (χ4v) is 1.31. The van der Waals surface area contributed by atoms with E-state index >= 15 is 0 Å². The molecule has 0 aliphatic carbocycles. The van der Waals surface area contributed by atoms with Crippen molar-refractivity contribution >= 4 is 0 Å². The molecule has 1 atom stereocenters. The van der Waals surface area contributed by atoms with Crippen LogP contribution in [-0.4, -0.2) is 23.6 Å². The number of rotatable bonds is 4. The van der Waals surface area contributed by atoms with Gasteiger partial charge < -0.3 is 14.9 Å². The quantitative estimate of drug-likeness (QED) is 0.743. The van der Waals surface area contributed by atoms with E-state index in [1.165, 1.54) is 13.2 Å². The zero-order chi connectivity index (χ0) is 11.4. The minimum atomic E-state index is -1.36. The highest BCUT2D eigenvalue weighted by Gasteiger charge is 2.12. The molecule has 2 N–H and O–H groups in total. The first kappa shape index (κ1) is 11.9. The van der Waals surface area contributed by atoms with Gasteiger partial charge in [0.1, 0.15) is 0 Å². The molecule has 0 bridgehead atoms. The number of aliphatic hydroxyl groups excluding tert-OH is 1. The van der Waals surface area contributed by atoms with Crippen LogP contribution < -0.4 is 4.74 Å². The van der Waals surface area contributed by atoms with E-state index in [1.807, 2.05) is 0 Å². The van der Waals surface area contributed by atoms with Crippen LogP contribution in [0.2, 0.25) is 0 Å². The third kappa shape index (κ3) is 3.18. The highest BCUT2D eigenvalue weighted by atomic mass is 19.1. The molecule has 0 aliphatic rings. The molecule has 0 aliphatic heterocycles. The fraction of sp³-hybridized carbons (Fsp3) is 0.455. The Balaban J connectivity index is 2.78. The van der Waals surface area contributed by atoms with E-state index in [1.54, 1.807) is 19.1 Å². The molecule has 15 heavy (non-hydrogen) atoms. The van der Waals surface area contributed by atoms with Gasteiger partial charge in [-0.15, -0.1) is 0 Å². The third-order valence-corrected chi connectivity index (χ3v) is 2.28. The van der Waals surface area contributed by atoms with E-state index in [4.69, 9.17) is 14.9 Å². The monoisotopic (exact) mass is 214 g/mol. The first-order valence-electron chi connectivity index (χ1n) is 4.73. The first-order valence-corrected chi connectivity index (χ1v) is 4.73. The second-order valence-electron chi connectivity index (χ2n) is 3.56. The van der Waals surface area contributed by atoms with Crippen molar-refractivity contribution < 1.29 is 19.3 Å². The standard InChI is InChI=1S/C11H15FO3/c1-7(11(13)14)5-8-3-4-9(12)10(6-8)15-2/h3-4,6-7,11,13-14H,5H2,1-2H3. The number of hydrogen-bond donors (Lipinski definition) is 2. The average Bonchev–Trinajstić information content (AvgIpc) is 2.20. The predicted octanol–water partition coefficient (Wildman–Crippen LogP) is 1.32. The summed E-state index contributed by atoms with van der Waals surface area (Å²) in [6, 6.07) is 4.48. The SMILES string of the molecule is COc1cc(CC(C)C(O)O)ccc1F. The van der Waals surface area contributed by atoms with Crippen molar-refractivity contribution in [3.05, 3.63) is 29.6 Å². The van der Waals surface area contributed by atoms with E-state index < -0.39 is 12.1 Å². The van der Waals surface area contributed by atoms with Crippen molar-refractivity contribution in [1.82, 2.24) is 0 Å². The van der Waals surface area contributed by atoms with Gasteiger partial charge in [-0.05, 0) is 24.1 Å². The summed E-state index contributed by atoms with van der Waals surface area (Å²) in [5, 5.41) is 17.8. The zero-order valence-electron chi connectivity index (χ0n) is 8.77. The van der Waals surface area contributed by atoms with Crippen molar-refractivity contribution in [3.63, 3.8) is 0 Å². The molecular formula is C11H15FO3. The fourth-order valence-electron chi connectivity index (χ4n) is 1.31. The van der Waals surface area contributed by atoms with Gasteiger partial charge in [0.15, 0.2) is 17.9 Å². The van der Waals surface area contributed by atoms with E-state index in [2.05, 4.69) is 0 Å². The number of aliphatic hydroxyl groups is 2. The van der Waals surface area contributed by atoms with Gasteiger partial charge in [-0.3, -0.25) is 0 Å². The molecule has 0 saturated carbocycles. The van der Waals surface area contributed by atoms with Gasteiger partial charge >= 0.3 is 0 Å². The summed E-state index contributed by atoms with van der Waals surface area (Å²) in [7, 11) is 1.40. The van der Waals surface area contributed by atoms with Crippen LogP contribution in [0.1, 0.15) is 12.5 Å². The Morgan fingerprint density at radius 2 is 2.07 bits per heavy atom.